The molecule has 1 unspecified atom stereocenters. The molecular formula is C26H35N3O5. The normalized spacial score (nSPS) is 20.8. The van der Waals surface area contributed by atoms with Gasteiger partial charge in [-0.05, 0) is 62.5 Å². The summed E-state index contributed by atoms with van der Waals surface area (Å²) in [4.78, 5) is 17.7. The molecule has 8 heteroatoms. The van der Waals surface area contributed by atoms with Crippen LogP contribution in [0.25, 0.3) is 0 Å². The number of carbonyl (C=O) groups excluding carboxylic acids is 1. The van der Waals surface area contributed by atoms with E-state index in [0.717, 1.165) is 31.6 Å². The van der Waals surface area contributed by atoms with E-state index < -0.39 is 0 Å². The average molecular weight is 470 g/mol. The minimum absolute atomic E-state index is 0.0863. The summed E-state index contributed by atoms with van der Waals surface area (Å²) in [5, 5.41) is 0. The third-order valence-corrected chi connectivity index (χ3v) is 6.82. The van der Waals surface area contributed by atoms with Crippen molar-refractivity contribution < 1.29 is 23.7 Å². The van der Waals surface area contributed by atoms with E-state index >= 15 is 0 Å². The van der Waals surface area contributed by atoms with Crippen LogP contribution in [0, 0.1) is 17.8 Å². The Kier molecular flexibility index (Phi) is 7.19. The summed E-state index contributed by atoms with van der Waals surface area (Å²) in [6, 6.07) is 9.39. The lowest BCUT2D eigenvalue weighted by atomic mass is 10.1. The Bertz CT molecular complexity index is 1010. The highest BCUT2D eigenvalue weighted by Gasteiger charge is 2.56. The molecule has 0 aromatic heterocycles. The van der Waals surface area contributed by atoms with Crippen LogP contribution in [0.15, 0.2) is 30.3 Å². The maximum absolute atomic E-state index is 13.6. The Morgan fingerprint density at radius 3 is 2.15 bits per heavy atom. The van der Waals surface area contributed by atoms with Crippen LogP contribution in [0.1, 0.15) is 15.9 Å². The Labute approximate surface area is 201 Å². The van der Waals surface area contributed by atoms with E-state index in [2.05, 4.69) is 19.0 Å². The van der Waals surface area contributed by atoms with Crippen LogP contribution < -0.4 is 24.7 Å². The zero-order valence-electron chi connectivity index (χ0n) is 20.7. The van der Waals surface area contributed by atoms with Crippen molar-refractivity contribution in [1.82, 2.24) is 9.80 Å². The summed E-state index contributed by atoms with van der Waals surface area (Å²) in [5.74, 6) is 3.80. The molecule has 2 fully saturated rings. The maximum Gasteiger partial charge on any atom is 0.257 e. The molecule has 0 bridgehead atoms. The third kappa shape index (κ3) is 4.65. The second kappa shape index (κ2) is 10.1. The highest BCUT2D eigenvalue weighted by atomic mass is 16.5. The fourth-order valence-electron chi connectivity index (χ4n) is 5.11. The number of hydrogen-bond acceptors (Lipinski definition) is 7. The molecule has 1 saturated carbocycles. The van der Waals surface area contributed by atoms with Crippen molar-refractivity contribution >= 4 is 5.91 Å². The summed E-state index contributed by atoms with van der Waals surface area (Å²) < 4.78 is 23.0. The summed E-state index contributed by atoms with van der Waals surface area (Å²) in [6.07, 6.45) is 0.797. The highest BCUT2D eigenvalue weighted by molar-refractivity contribution is 5.99. The zero-order valence-corrected chi connectivity index (χ0v) is 20.7. The summed E-state index contributed by atoms with van der Waals surface area (Å²) in [7, 11) is 8.78. The van der Waals surface area contributed by atoms with Gasteiger partial charge in [0.2, 0.25) is 11.5 Å². The molecule has 2 aliphatic rings. The van der Waals surface area contributed by atoms with Crippen molar-refractivity contribution in [2.45, 2.75) is 6.42 Å². The maximum atomic E-state index is 13.6. The van der Waals surface area contributed by atoms with E-state index in [-0.39, 0.29) is 5.91 Å². The number of hydrogen-bond donors (Lipinski definition) is 1. The molecule has 1 aliphatic heterocycles. The first-order valence-corrected chi connectivity index (χ1v) is 11.7. The van der Waals surface area contributed by atoms with E-state index in [0.29, 0.717) is 58.6 Å². The van der Waals surface area contributed by atoms with Crippen molar-refractivity contribution in [2.75, 3.05) is 61.6 Å². The smallest absolute Gasteiger partial charge is 0.257 e. The molecule has 2 aromatic carbocycles. The predicted molar refractivity (Wildman–Crippen MR) is 130 cm³/mol. The number of likely N-dealkylation sites (tertiary alicyclic amines) is 1. The third-order valence-electron chi connectivity index (χ3n) is 6.82. The number of ether oxygens (including phenoxy) is 4. The molecule has 4 rings (SSSR count). The first-order chi connectivity index (χ1) is 16.4. The number of rotatable bonds is 10. The van der Waals surface area contributed by atoms with Gasteiger partial charge >= 0.3 is 0 Å². The minimum Gasteiger partial charge on any atom is -0.492 e. The van der Waals surface area contributed by atoms with Crippen LogP contribution >= 0.6 is 0 Å². The summed E-state index contributed by atoms with van der Waals surface area (Å²) in [6.45, 7) is 3.18. The second-order valence-electron chi connectivity index (χ2n) is 9.27. The van der Waals surface area contributed by atoms with E-state index in [1.807, 2.05) is 29.2 Å². The van der Waals surface area contributed by atoms with Gasteiger partial charge in [-0.2, -0.15) is 0 Å². The standard InChI is InChI=1S/C26H35N3O5/c1-28(2)13-19-20-14-29(15-21(19)20)26(30)18-12-22(24(32-4)25(33-5)23(18)31-3)34-17-8-6-16(7-9-17)10-11-27/h6-9,12,19-21H,10-11,13-15,27H2,1-5H3/t19?,20-,21+. The molecule has 2 aromatic rings. The average Bonchev–Trinajstić information content (AvgIpc) is 3.25. The fourth-order valence-corrected chi connectivity index (χ4v) is 5.11. The number of fused-ring (bicyclic) bond motifs is 1. The largest absolute Gasteiger partial charge is 0.492 e. The van der Waals surface area contributed by atoms with Gasteiger partial charge in [0.1, 0.15) is 5.75 Å². The van der Waals surface area contributed by atoms with Crippen LogP contribution in [-0.2, 0) is 6.42 Å². The number of methoxy groups -OCH3 is 3. The molecule has 0 radical (unpaired) electrons. The molecule has 2 N–H and O–H groups in total. The van der Waals surface area contributed by atoms with Gasteiger partial charge in [-0.15, -0.1) is 0 Å². The van der Waals surface area contributed by atoms with Crippen molar-refractivity contribution in [3.05, 3.63) is 41.5 Å². The molecule has 3 atom stereocenters. The molecule has 1 amide bonds. The van der Waals surface area contributed by atoms with Gasteiger partial charge < -0.3 is 34.5 Å². The van der Waals surface area contributed by atoms with Crippen LogP contribution in [0.2, 0.25) is 0 Å². The monoisotopic (exact) mass is 469 g/mol. The van der Waals surface area contributed by atoms with Gasteiger partial charge in [-0.3, -0.25) is 4.79 Å². The Morgan fingerprint density at radius 1 is 1.00 bits per heavy atom. The van der Waals surface area contributed by atoms with Crippen LogP contribution in [0.5, 0.6) is 28.7 Å². The first-order valence-electron chi connectivity index (χ1n) is 11.7. The molecule has 1 saturated heterocycles. The van der Waals surface area contributed by atoms with Crippen molar-refractivity contribution in [1.29, 1.82) is 0 Å². The van der Waals surface area contributed by atoms with E-state index in [9.17, 15) is 4.79 Å². The van der Waals surface area contributed by atoms with Crippen LogP contribution in [0.4, 0.5) is 0 Å². The topological polar surface area (TPSA) is 86.5 Å². The zero-order chi connectivity index (χ0) is 24.4. The van der Waals surface area contributed by atoms with Gasteiger partial charge in [-0.25, -0.2) is 0 Å². The minimum atomic E-state index is -0.0863. The van der Waals surface area contributed by atoms with E-state index in [1.165, 1.54) is 21.3 Å². The number of nitrogens with two attached hydrogens (primary N) is 1. The molecule has 1 aliphatic carbocycles. The lowest BCUT2D eigenvalue weighted by molar-refractivity contribution is 0.0760. The summed E-state index contributed by atoms with van der Waals surface area (Å²) in [5.41, 5.74) is 7.18. The van der Waals surface area contributed by atoms with E-state index in [4.69, 9.17) is 24.7 Å². The van der Waals surface area contributed by atoms with Gasteiger partial charge in [0.15, 0.2) is 11.5 Å². The molecule has 0 spiro atoms. The molecule has 184 valence electrons. The fraction of sp³-hybridized carbons (Fsp3) is 0.500. The Balaban J connectivity index is 1.61. The second-order valence-corrected chi connectivity index (χ2v) is 9.27. The van der Waals surface area contributed by atoms with Crippen molar-refractivity contribution in [3.63, 3.8) is 0 Å². The van der Waals surface area contributed by atoms with Gasteiger partial charge in [0, 0.05) is 25.7 Å². The first kappa shape index (κ1) is 24.2. The Morgan fingerprint density at radius 2 is 1.62 bits per heavy atom. The number of piperidine rings is 1. The predicted octanol–water partition coefficient (Wildman–Crippen LogP) is 2.89. The highest BCUT2D eigenvalue weighted by Crippen LogP contribution is 2.53. The lowest BCUT2D eigenvalue weighted by Crippen LogP contribution is -2.33. The summed E-state index contributed by atoms with van der Waals surface area (Å²) >= 11 is 0. The van der Waals surface area contributed by atoms with Crippen LogP contribution in [-0.4, -0.2) is 77.3 Å². The van der Waals surface area contributed by atoms with Gasteiger partial charge in [0.05, 0.1) is 26.9 Å². The number of benzene rings is 2. The molecule has 34 heavy (non-hydrogen) atoms. The molecular weight excluding hydrogens is 434 g/mol. The van der Waals surface area contributed by atoms with Gasteiger partial charge in [-0.1, -0.05) is 12.1 Å². The lowest BCUT2D eigenvalue weighted by Gasteiger charge is -2.24. The SMILES string of the molecule is COc1c(Oc2ccc(CCN)cc2)cc(C(=O)N2C[C@@H]3C(CN(C)C)[C@@H]3C2)c(OC)c1OC. The molecule has 1 heterocycles. The quantitative estimate of drug-likeness (QED) is 0.573. The van der Waals surface area contributed by atoms with E-state index in [1.54, 1.807) is 6.07 Å². The number of nitrogens with zero attached hydrogens (tertiary/aromatic N) is 2. The van der Waals surface area contributed by atoms with Crippen LogP contribution in [0.3, 0.4) is 0 Å². The number of carbonyl (C=O) groups is 1. The van der Waals surface area contributed by atoms with Crippen molar-refractivity contribution in [2.24, 2.45) is 23.5 Å². The Hall–Kier alpha value is -2.97. The number of amides is 1. The molecule has 8 nitrogen and oxygen atoms in total. The van der Waals surface area contributed by atoms with Gasteiger partial charge in [0.25, 0.3) is 5.91 Å². The van der Waals surface area contributed by atoms with Crippen molar-refractivity contribution in [3.8, 4) is 28.7 Å².